The van der Waals surface area contributed by atoms with Gasteiger partial charge in [-0.3, -0.25) is 4.79 Å². The zero-order valence-corrected chi connectivity index (χ0v) is 27.0. The molecule has 1 atom stereocenters. The van der Waals surface area contributed by atoms with Crippen LogP contribution in [0.4, 0.5) is 8.78 Å². The number of ether oxygens (including phenoxy) is 2. The van der Waals surface area contributed by atoms with E-state index in [0.29, 0.717) is 42.8 Å². The standard InChI is InChI=1S/C37H34F2N4O3S/c1-37(23-6-3-5-22(17-23)8-13-34(44)45-2)15-4-7-25-20-41-33(47-25)12-10-27-26-14-16-40-31(26)19-30(39)35(27)46-24-9-11-29(38)28(18-24)36-42-21-32(37)43-36/h3,5-6,9,11,14,16-21,40H,4,7-8,10,12-13,15H2,1-2H3,(H,42,43). The summed E-state index contributed by atoms with van der Waals surface area (Å²) < 4.78 is 42.1. The van der Waals surface area contributed by atoms with Crippen molar-refractivity contribution >= 4 is 28.2 Å². The SMILES string of the molecule is COC(=O)CCc1cccc(C2(C)CCCc3cnc(s3)CCc3c(c(F)cc4[nH]ccc34)Oc3ccc(F)c(c3)-c3ncc2[nH]3)c1. The van der Waals surface area contributed by atoms with Crippen LogP contribution in [0.1, 0.15) is 58.5 Å². The van der Waals surface area contributed by atoms with Crippen LogP contribution in [0.25, 0.3) is 22.3 Å². The summed E-state index contributed by atoms with van der Waals surface area (Å²) >= 11 is 1.68. The Morgan fingerprint density at radius 1 is 1.04 bits per heavy atom. The molecule has 3 aromatic heterocycles. The number of methoxy groups -OCH3 is 1. The Morgan fingerprint density at radius 3 is 2.81 bits per heavy atom. The lowest BCUT2D eigenvalue weighted by Gasteiger charge is -2.30. The number of nitrogens with one attached hydrogen (secondary N) is 2. The number of nitrogens with zero attached hydrogens (tertiary/aromatic N) is 2. The van der Waals surface area contributed by atoms with Crippen molar-refractivity contribution in [2.75, 3.05) is 7.11 Å². The number of imidazole rings is 1. The van der Waals surface area contributed by atoms with E-state index in [1.807, 2.05) is 24.4 Å². The first-order valence-corrected chi connectivity index (χ1v) is 16.5. The number of thiazole rings is 1. The molecule has 6 bridgehead atoms. The second-order valence-electron chi connectivity index (χ2n) is 12.2. The van der Waals surface area contributed by atoms with E-state index < -0.39 is 17.0 Å². The molecule has 7 rings (SSSR count). The molecule has 4 heterocycles. The number of carbonyl (C=O) groups excluding carboxylic acids is 1. The molecular weight excluding hydrogens is 618 g/mol. The lowest BCUT2D eigenvalue weighted by molar-refractivity contribution is -0.140. The Balaban J connectivity index is 1.31. The zero-order chi connectivity index (χ0) is 32.5. The monoisotopic (exact) mass is 652 g/mol. The predicted octanol–water partition coefficient (Wildman–Crippen LogP) is 8.62. The number of H-pyrrole nitrogens is 2. The Kier molecular flexibility index (Phi) is 8.36. The molecule has 0 amide bonds. The summed E-state index contributed by atoms with van der Waals surface area (Å²) in [5.74, 6) is -0.455. The van der Waals surface area contributed by atoms with Gasteiger partial charge >= 0.3 is 5.97 Å². The lowest BCUT2D eigenvalue weighted by atomic mass is 9.75. The van der Waals surface area contributed by atoms with E-state index in [1.165, 1.54) is 30.2 Å². The molecule has 1 unspecified atom stereocenters. The highest BCUT2D eigenvalue weighted by atomic mass is 32.1. The lowest BCUT2D eigenvalue weighted by Crippen LogP contribution is -2.25. The van der Waals surface area contributed by atoms with Gasteiger partial charge in [-0.1, -0.05) is 24.3 Å². The van der Waals surface area contributed by atoms with Gasteiger partial charge in [0.15, 0.2) is 11.6 Å². The van der Waals surface area contributed by atoms with Crippen molar-refractivity contribution < 1.29 is 23.0 Å². The van der Waals surface area contributed by atoms with Crippen LogP contribution in [0.15, 0.2) is 73.2 Å². The largest absolute Gasteiger partial charge is 0.469 e. The van der Waals surface area contributed by atoms with Crippen LogP contribution < -0.4 is 4.74 Å². The number of benzene rings is 3. The maximum absolute atomic E-state index is 15.6. The minimum atomic E-state index is -0.500. The number of rotatable bonds is 4. The van der Waals surface area contributed by atoms with Gasteiger partial charge in [0.2, 0.25) is 0 Å². The average Bonchev–Trinajstić information content (AvgIpc) is 3.86. The number of halogens is 2. The van der Waals surface area contributed by atoms with Gasteiger partial charge in [-0.25, -0.2) is 18.7 Å². The molecule has 10 heteroatoms. The molecule has 3 aromatic carbocycles. The summed E-state index contributed by atoms with van der Waals surface area (Å²) in [5, 5.41) is 1.85. The van der Waals surface area contributed by atoms with Crippen molar-refractivity contribution in [2.24, 2.45) is 0 Å². The minimum absolute atomic E-state index is 0.118. The highest BCUT2D eigenvalue weighted by Gasteiger charge is 2.32. The fraction of sp³-hybridized carbons (Fsp3) is 0.270. The molecule has 0 saturated heterocycles. The first-order valence-electron chi connectivity index (χ1n) is 15.7. The van der Waals surface area contributed by atoms with E-state index in [4.69, 9.17) is 14.5 Å². The predicted molar refractivity (Wildman–Crippen MR) is 178 cm³/mol. The molecule has 47 heavy (non-hydrogen) atoms. The molecule has 0 aliphatic carbocycles. The first kappa shape index (κ1) is 30.8. The van der Waals surface area contributed by atoms with Crippen LogP contribution in [0, 0.1) is 11.6 Å². The number of aromatic nitrogens is 4. The number of esters is 1. The van der Waals surface area contributed by atoms with Gasteiger partial charge in [0.05, 0.1) is 17.7 Å². The average molecular weight is 653 g/mol. The quantitative estimate of drug-likeness (QED) is 0.186. The van der Waals surface area contributed by atoms with Crippen molar-refractivity contribution in [3.05, 3.63) is 117 Å². The van der Waals surface area contributed by atoms with Crippen molar-refractivity contribution in [1.82, 2.24) is 19.9 Å². The van der Waals surface area contributed by atoms with Crippen LogP contribution in [-0.2, 0) is 40.6 Å². The molecule has 1 aliphatic heterocycles. The molecule has 240 valence electrons. The number of fused-ring (bicyclic) bond motifs is 10. The third-order valence-electron chi connectivity index (χ3n) is 9.15. The molecule has 0 spiro atoms. The van der Waals surface area contributed by atoms with E-state index in [0.717, 1.165) is 52.0 Å². The molecule has 0 saturated carbocycles. The Morgan fingerprint density at radius 2 is 1.94 bits per heavy atom. The van der Waals surface area contributed by atoms with Crippen molar-refractivity contribution in [1.29, 1.82) is 0 Å². The van der Waals surface area contributed by atoms with Gasteiger partial charge in [-0.05, 0) is 74.4 Å². The topological polar surface area (TPSA) is 92.9 Å². The zero-order valence-electron chi connectivity index (χ0n) is 26.2. The van der Waals surface area contributed by atoms with E-state index in [-0.39, 0.29) is 17.3 Å². The van der Waals surface area contributed by atoms with Gasteiger partial charge in [0.25, 0.3) is 0 Å². The second kappa shape index (κ2) is 12.8. The molecular formula is C37H34F2N4O3S. The Hall–Kier alpha value is -4.83. The smallest absolute Gasteiger partial charge is 0.305 e. The van der Waals surface area contributed by atoms with E-state index in [1.54, 1.807) is 29.8 Å². The maximum atomic E-state index is 15.6. The molecule has 1 aliphatic rings. The molecule has 0 radical (unpaired) electrons. The summed E-state index contributed by atoms with van der Waals surface area (Å²) in [6, 6.07) is 16.0. The van der Waals surface area contributed by atoms with Gasteiger partial charge in [-0.15, -0.1) is 11.3 Å². The number of aryl methyl sites for hydroxylation is 4. The van der Waals surface area contributed by atoms with Gasteiger partial charge < -0.3 is 19.4 Å². The van der Waals surface area contributed by atoms with E-state index in [9.17, 15) is 4.79 Å². The summed E-state index contributed by atoms with van der Waals surface area (Å²) in [4.78, 5) is 28.9. The van der Waals surface area contributed by atoms with E-state index in [2.05, 4.69) is 34.0 Å². The van der Waals surface area contributed by atoms with Crippen LogP contribution in [-0.4, -0.2) is 33.0 Å². The van der Waals surface area contributed by atoms with Gasteiger partial charge in [-0.2, -0.15) is 0 Å². The van der Waals surface area contributed by atoms with Gasteiger partial charge in [0, 0.05) is 70.0 Å². The number of hydrogen-bond acceptors (Lipinski definition) is 6. The summed E-state index contributed by atoms with van der Waals surface area (Å²) in [5.41, 5.74) is 4.07. The molecule has 6 aromatic rings. The fourth-order valence-corrected chi connectivity index (χ4v) is 7.43. The normalized spacial score (nSPS) is 16.6. The van der Waals surface area contributed by atoms with Crippen molar-refractivity contribution in [3.8, 4) is 22.9 Å². The number of carbonyl (C=O) groups is 1. The fourth-order valence-electron chi connectivity index (χ4n) is 6.47. The molecule has 2 N–H and O–H groups in total. The van der Waals surface area contributed by atoms with Crippen LogP contribution >= 0.6 is 11.3 Å². The number of aromatic amines is 2. The third kappa shape index (κ3) is 6.17. The highest BCUT2D eigenvalue weighted by molar-refractivity contribution is 7.11. The summed E-state index contributed by atoms with van der Waals surface area (Å²) in [6.07, 6.45) is 9.98. The van der Waals surface area contributed by atoms with Crippen LogP contribution in [0.2, 0.25) is 0 Å². The number of hydrogen-bond donors (Lipinski definition) is 2. The van der Waals surface area contributed by atoms with Gasteiger partial charge in [0.1, 0.15) is 17.4 Å². The second-order valence-corrected chi connectivity index (χ2v) is 13.4. The minimum Gasteiger partial charge on any atom is -0.469 e. The Labute approximate surface area is 275 Å². The highest BCUT2D eigenvalue weighted by Crippen LogP contribution is 2.40. The molecule has 0 fully saturated rings. The summed E-state index contributed by atoms with van der Waals surface area (Å²) in [6.45, 7) is 2.16. The summed E-state index contributed by atoms with van der Waals surface area (Å²) in [7, 11) is 1.40. The van der Waals surface area contributed by atoms with Crippen LogP contribution in [0.5, 0.6) is 11.5 Å². The van der Waals surface area contributed by atoms with Crippen LogP contribution in [0.3, 0.4) is 0 Å². The van der Waals surface area contributed by atoms with E-state index >= 15 is 8.78 Å². The maximum Gasteiger partial charge on any atom is 0.305 e. The molecule has 7 nitrogen and oxygen atoms in total. The van der Waals surface area contributed by atoms with Crippen molar-refractivity contribution in [3.63, 3.8) is 0 Å². The van der Waals surface area contributed by atoms with Crippen molar-refractivity contribution in [2.45, 2.75) is 57.3 Å². The first-order chi connectivity index (χ1) is 22.8. The Bertz CT molecular complexity index is 2080. The third-order valence-corrected chi connectivity index (χ3v) is 10.3.